The van der Waals surface area contributed by atoms with Crippen molar-refractivity contribution < 1.29 is 9.53 Å². The van der Waals surface area contributed by atoms with Gasteiger partial charge in [-0.05, 0) is 43.2 Å². The number of hydrogen-bond donors (Lipinski definition) is 0. The van der Waals surface area contributed by atoms with Crippen LogP contribution in [0.15, 0.2) is 30.7 Å². The molecule has 0 spiro atoms. The van der Waals surface area contributed by atoms with E-state index in [1.165, 1.54) is 6.33 Å². The zero-order valence-corrected chi connectivity index (χ0v) is 11.3. The van der Waals surface area contributed by atoms with Gasteiger partial charge in [0.1, 0.15) is 12.1 Å². The highest BCUT2D eigenvalue weighted by molar-refractivity contribution is 6.00. The van der Waals surface area contributed by atoms with Gasteiger partial charge in [0.05, 0.1) is 24.8 Å². The molecule has 98 valence electrons. The van der Waals surface area contributed by atoms with E-state index in [4.69, 9.17) is 4.74 Å². The van der Waals surface area contributed by atoms with Crippen LogP contribution in [-0.2, 0) is 6.42 Å². The second-order valence-electron chi connectivity index (χ2n) is 4.44. The molecule has 0 radical (unpaired) electrons. The van der Waals surface area contributed by atoms with Gasteiger partial charge in [-0.15, -0.1) is 0 Å². The molecule has 2 rings (SSSR count). The monoisotopic (exact) mass is 256 g/mol. The maximum absolute atomic E-state index is 12.3. The molecule has 0 atom stereocenters. The number of methoxy groups -OCH3 is 1. The first-order chi connectivity index (χ1) is 9.11. The Balaban J connectivity index is 2.31. The van der Waals surface area contributed by atoms with Gasteiger partial charge in [0, 0.05) is 6.20 Å². The van der Waals surface area contributed by atoms with Gasteiger partial charge in [-0.1, -0.05) is 0 Å². The molecule has 0 aliphatic carbocycles. The van der Waals surface area contributed by atoms with Crippen molar-refractivity contribution in [2.45, 2.75) is 20.3 Å². The van der Waals surface area contributed by atoms with Gasteiger partial charge >= 0.3 is 0 Å². The van der Waals surface area contributed by atoms with Crippen molar-refractivity contribution in [1.82, 2.24) is 9.97 Å². The average Bonchev–Trinajstić information content (AvgIpc) is 2.42. The van der Waals surface area contributed by atoms with Crippen molar-refractivity contribution in [2.24, 2.45) is 0 Å². The normalized spacial score (nSPS) is 10.3. The molecule has 0 fully saturated rings. The van der Waals surface area contributed by atoms with E-state index in [9.17, 15) is 4.79 Å². The van der Waals surface area contributed by atoms with Crippen LogP contribution in [0.1, 0.15) is 27.2 Å². The fourth-order valence-electron chi connectivity index (χ4n) is 1.86. The molecule has 0 aliphatic rings. The molecule has 1 aromatic heterocycles. The van der Waals surface area contributed by atoms with Crippen LogP contribution in [-0.4, -0.2) is 22.9 Å². The minimum Gasteiger partial charge on any atom is -0.496 e. The number of carbonyl (C=O) groups is 1. The first-order valence-electron chi connectivity index (χ1n) is 6.05. The smallest absolute Gasteiger partial charge is 0.172 e. The first kappa shape index (κ1) is 13.2. The molecular formula is C15H16N2O2. The summed E-state index contributed by atoms with van der Waals surface area (Å²) in [6, 6.07) is 5.51. The van der Waals surface area contributed by atoms with Crippen molar-refractivity contribution in [1.29, 1.82) is 0 Å². The molecule has 0 saturated carbocycles. The summed E-state index contributed by atoms with van der Waals surface area (Å²) in [5.74, 6) is 0.612. The van der Waals surface area contributed by atoms with Crippen LogP contribution in [0.5, 0.6) is 5.75 Å². The van der Waals surface area contributed by atoms with Gasteiger partial charge in [-0.3, -0.25) is 4.79 Å². The van der Waals surface area contributed by atoms with Crippen LogP contribution in [0.25, 0.3) is 0 Å². The van der Waals surface area contributed by atoms with Crippen LogP contribution in [0.4, 0.5) is 0 Å². The third kappa shape index (κ3) is 2.96. The summed E-state index contributed by atoms with van der Waals surface area (Å²) in [6.07, 6.45) is 3.33. The molecule has 0 saturated heterocycles. The van der Waals surface area contributed by atoms with Gasteiger partial charge in [-0.25, -0.2) is 9.97 Å². The second-order valence-corrected chi connectivity index (χ2v) is 4.44. The molecule has 0 aliphatic heterocycles. The number of Topliss-reactive ketones (excluding diaryl/α,β-unsaturated/α-hetero) is 1. The van der Waals surface area contributed by atoms with Crippen LogP contribution >= 0.6 is 0 Å². The van der Waals surface area contributed by atoms with E-state index in [2.05, 4.69) is 9.97 Å². The summed E-state index contributed by atoms with van der Waals surface area (Å²) < 4.78 is 5.29. The molecule has 0 bridgehead atoms. The van der Waals surface area contributed by atoms with Crippen molar-refractivity contribution in [2.75, 3.05) is 7.11 Å². The molecule has 4 nitrogen and oxygen atoms in total. The Bertz CT molecular complexity index is 595. The minimum absolute atomic E-state index is 0.00125. The van der Waals surface area contributed by atoms with Crippen molar-refractivity contribution in [3.63, 3.8) is 0 Å². The molecule has 0 amide bonds. The summed E-state index contributed by atoms with van der Waals surface area (Å²) >= 11 is 0. The lowest BCUT2D eigenvalue weighted by atomic mass is 10.00. The van der Waals surface area contributed by atoms with E-state index in [-0.39, 0.29) is 12.2 Å². The highest BCUT2D eigenvalue weighted by Gasteiger charge is 2.14. The molecule has 0 unspecified atom stereocenters. The topological polar surface area (TPSA) is 52.1 Å². The average molecular weight is 256 g/mol. The zero-order valence-electron chi connectivity index (χ0n) is 11.3. The van der Waals surface area contributed by atoms with Crippen LogP contribution in [0.2, 0.25) is 0 Å². The zero-order chi connectivity index (χ0) is 13.8. The maximum Gasteiger partial charge on any atom is 0.172 e. The number of aromatic nitrogens is 2. The number of rotatable bonds is 4. The third-order valence-electron chi connectivity index (χ3n) is 3.10. The molecule has 1 heterocycles. The molecule has 19 heavy (non-hydrogen) atoms. The third-order valence-corrected chi connectivity index (χ3v) is 3.10. The number of ketones is 1. The fourth-order valence-corrected chi connectivity index (χ4v) is 1.86. The predicted octanol–water partition coefficient (Wildman–Crippen LogP) is 2.53. The Hall–Kier alpha value is -2.23. The van der Waals surface area contributed by atoms with Crippen molar-refractivity contribution >= 4 is 5.78 Å². The molecular weight excluding hydrogens is 240 g/mol. The van der Waals surface area contributed by atoms with Gasteiger partial charge in [-0.2, -0.15) is 0 Å². The Kier molecular flexibility index (Phi) is 3.90. The molecule has 4 heteroatoms. The summed E-state index contributed by atoms with van der Waals surface area (Å²) in [5, 5.41) is 0. The summed E-state index contributed by atoms with van der Waals surface area (Å²) in [6.45, 7) is 3.98. The number of aryl methyl sites for hydroxylation is 2. The number of hydrogen-bond acceptors (Lipinski definition) is 4. The molecule has 2 aromatic rings. The SMILES string of the molecule is COc1cc(C)c(C)cc1C(=O)Cc1ccncn1. The van der Waals surface area contributed by atoms with Gasteiger partial charge in [0.25, 0.3) is 0 Å². The minimum atomic E-state index is -0.00125. The lowest BCUT2D eigenvalue weighted by Crippen LogP contribution is -2.08. The van der Waals surface area contributed by atoms with Gasteiger partial charge in [0.2, 0.25) is 0 Å². The second kappa shape index (κ2) is 5.61. The van der Waals surface area contributed by atoms with Gasteiger partial charge < -0.3 is 4.74 Å². The lowest BCUT2D eigenvalue weighted by Gasteiger charge is -2.10. The Morgan fingerprint density at radius 1 is 1.26 bits per heavy atom. The van der Waals surface area contributed by atoms with E-state index >= 15 is 0 Å². The lowest BCUT2D eigenvalue weighted by molar-refractivity contribution is 0.0989. The van der Waals surface area contributed by atoms with Crippen LogP contribution in [0.3, 0.4) is 0 Å². The van der Waals surface area contributed by atoms with Gasteiger partial charge in [0.15, 0.2) is 5.78 Å². The number of benzene rings is 1. The van der Waals surface area contributed by atoms with Crippen molar-refractivity contribution in [3.8, 4) is 5.75 Å². The summed E-state index contributed by atoms with van der Waals surface area (Å²) in [5.41, 5.74) is 3.49. The standard InChI is InChI=1S/C15H16N2O2/c1-10-6-13(15(19-3)7-11(10)2)14(18)8-12-4-5-16-9-17-12/h4-7,9H,8H2,1-3H3. The largest absolute Gasteiger partial charge is 0.496 e. The quantitative estimate of drug-likeness (QED) is 0.789. The van der Waals surface area contributed by atoms with E-state index < -0.39 is 0 Å². The van der Waals surface area contributed by atoms with E-state index in [1.54, 1.807) is 19.4 Å². The van der Waals surface area contributed by atoms with Crippen LogP contribution < -0.4 is 4.74 Å². The highest BCUT2D eigenvalue weighted by Crippen LogP contribution is 2.24. The number of nitrogens with zero attached hydrogens (tertiary/aromatic N) is 2. The van der Waals surface area contributed by atoms with E-state index in [0.717, 1.165) is 11.1 Å². The summed E-state index contributed by atoms with van der Waals surface area (Å²) in [4.78, 5) is 20.2. The fraction of sp³-hybridized carbons (Fsp3) is 0.267. The molecule has 1 aromatic carbocycles. The summed E-state index contributed by atoms with van der Waals surface area (Å²) in [7, 11) is 1.57. The first-order valence-corrected chi connectivity index (χ1v) is 6.05. The van der Waals surface area contributed by atoms with E-state index in [1.807, 2.05) is 26.0 Å². The van der Waals surface area contributed by atoms with E-state index in [0.29, 0.717) is 17.0 Å². The Morgan fingerprint density at radius 2 is 2.00 bits per heavy atom. The number of carbonyl (C=O) groups excluding carboxylic acids is 1. The highest BCUT2D eigenvalue weighted by atomic mass is 16.5. The maximum atomic E-state index is 12.3. The number of ether oxygens (including phenoxy) is 1. The predicted molar refractivity (Wildman–Crippen MR) is 72.5 cm³/mol. The Labute approximate surface area is 112 Å². The van der Waals surface area contributed by atoms with Crippen LogP contribution in [0, 0.1) is 13.8 Å². The molecule has 0 N–H and O–H groups in total. The Morgan fingerprint density at radius 3 is 2.63 bits per heavy atom. The van der Waals surface area contributed by atoms with Crippen molar-refractivity contribution in [3.05, 3.63) is 53.1 Å².